The van der Waals surface area contributed by atoms with Crippen LogP contribution in [0.1, 0.15) is 34.7 Å². The summed E-state index contributed by atoms with van der Waals surface area (Å²) in [6, 6.07) is 3.18. The van der Waals surface area contributed by atoms with Crippen molar-refractivity contribution in [1.82, 2.24) is 14.8 Å². The zero-order chi connectivity index (χ0) is 16.8. The number of hydrogen-bond acceptors (Lipinski definition) is 3. The molecule has 10 heteroatoms. The summed E-state index contributed by atoms with van der Waals surface area (Å²) >= 11 is 0. The van der Waals surface area contributed by atoms with Crippen LogP contribution in [0.3, 0.4) is 0 Å². The van der Waals surface area contributed by atoms with E-state index in [1.54, 1.807) is 4.68 Å². The third kappa shape index (κ3) is 2.97. The molecule has 0 saturated carbocycles. The van der Waals surface area contributed by atoms with Crippen molar-refractivity contribution < 1.29 is 22.4 Å². The van der Waals surface area contributed by atoms with Crippen LogP contribution in [0, 0.1) is 0 Å². The number of alkyl halides is 4. The van der Waals surface area contributed by atoms with Gasteiger partial charge in [-0.05, 0) is 25.1 Å². The number of nitrogens with zero attached hydrogens (tertiary/aromatic N) is 4. The minimum atomic E-state index is -4.69. The van der Waals surface area contributed by atoms with Gasteiger partial charge in [0.15, 0.2) is 0 Å². The molecule has 1 aliphatic rings. The molecule has 0 bridgehead atoms. The van der Waals surface area contributed by atoms with Crippen LogP contribution in [0.2, 0.25) is 0 Å². The molecule has 0 fully saturated rings. The maximum Gasteiger partial charge on any atom is 0.418 e. The van der Waals surface area contributed by atoms with Gasteiger partial charge in [0.1, 0.15) is 18.2 Å². The first-order valence-corrected chi connectivity index (χ1v) is 6.81. The van der Waals surface area contributed by atoms with Gasteiger partial charge in [-0.15, -0.1) is 0 Å². The van der Waals surface area contributed by atoms with Crippen molar-refractivity contribution in [2.45, 2.75) is 25.8 Å². The Labute approximate surface area is 141 Å². The van der Waals surface area contributed by atoms with E-state index in [1.165, 1.54) is 17.2 Å². The van der Waals surface area contributed by atoms with Crippen LogP contribution in [-0.2, 0) is 12.9 Å². The van der Waals surface area contributed by atoms with Gasteiger partial charge >= 0.3 is 6.18 Å². The Bertz CT molecular complexity index is 761. The van der Waals surface area contributed by atoms with Crippen molar-refractivity contribution in [3.05, 3.63) is 41.3 Å². The number of carbonyl (C=O) groups is 1. The first-order valence-electron chi connectivity index (χ1n) is 6.81. The molecule has 0 spiro atoms. The van der Waals surface area contributed by atoms with Crippen LogP contribution in [0.5, 0.6) is 0 Å². The second-order valence-corrected chi connectivity index (χ2v) is 5.22. The largest absolute Gasteiger partial charge is 0.418 e. The van der Waals surface area contributed by atoms with E-state index in [2.05, 4.69) is 10.1 Å². The number of anilines is 1. The van der Waals surface area contributed by atoms with E-state index < -0.39 is 30.0 Å². The average molecular weight is 362 g/mol. The minimum absolute atomic E-state index is 0. The van der Waals surface area contributed by atoms with Gasteiger partial charge in [-0.25, -0.2) is 9.37 Å². The third-order valence-electron chi connectivity index (χ3n) is 3.67. The molecule has 1 atom stereocenters. The number of hydrogen-bond donors (Lipinski definition) is 0. The van der Waals surface area contributed by atoms with Crippen LogP contribution >= 0.6 is 13.5 Å². The van der Waals surface area contributed by atoms with Crippen molar-refractivity contribution in [3.63, 3.8) is 0 Å². The van der Waals surface area contributed by atoms with Gasteiger partial charge in [0.25, 0.3) is 5.91 Å². The predicted octanol–water partition coefficient (Wildman–Crippen LogP) is 3.10. The molecule has 1 amide bonds. The van der Waals surface area contributed by atoms with Crippen molar-refractivity contribution >= 4 is 25.2 Å². The average Bonchev–Trinajstić information content (AvgIpc) is 2.99. The Morgan fingerprint density at radius 3 is 2.62 bits per heavy atom. The maximum atomic E-state index is 12.9. The Kier molecular flexibility index (Phi) is 4.88. The number of rotatable bonds is 2. The van der Waals surface area contributed by atoms with E-state index >= 15 is 0 Å². The van der Waals surface area contributed by atoms with Crippen molar-refractivity contribution in [2.75, 3.05) is 11.4 Å². The first-order chi connectivity index (χ1) is 10.8. The summed E-state index contributed by atoms with van der Waals surface area (Å²) < 4.78 is 52.9. The number of fused-ring (bicyclic) bond motifs is 1. The van der Waals surface area contributed by atoms with Crippen LogP contribution < -0.4 is 4.90 Å². The molecule has 2 aromatic rings. The number of aromatic nitrogens is 3. The van der Waals surface area contributed by atoms with Gasteiger partial charge in [-0.3, -0.25) is 14.4 Å². The lowest BCUT2D eigenvalue weighted by molar-refractivity contribution is -0.138. The molecule has 0 aliphatic carbocycles. The molecule has 1 aliphatic heterocycles. The van der Waals surface area contributed by atoms with Crippen molar-refractivity contribution in [3.8, 4) is 0 Å². The number of carbonyl (C=O) groups excluding carboxylic acids is 1. The van der Waals surface area contributed by atoms with E-state index in [9.17, 15) is 22.4 Å². The predicted molar refractivity (Wildman–Crippen MR) is 83.0 cm³/mol. The zero-order valence-corrected chi connectivity index (χ0v) is 13.5. The topological polar surface area (TPSA) is 51.0 Å². The zero-order valence-electron chi connectivity index (χ0n) is 12.5. The quantitative estimate of drug-likeness (QED) is 0.772. The van der Waals surface area contributed by atoms with Crippen LogP contribution in [0.4, 0.5) is 23.4 Å². The second-order valence-electron chi connectivity index (χ2n) is 5.22. The third-order valence-corrected chi connectivity index (χ3v) is 3.67. The highest BCUT2D eigenvalue weighted by Gasteiger charge is 2.36. The minimum Gasteiger partial charge on any atom is -0.289 e. The number of pyridine rings is 1. The van der Waals surface area contributed by atoms with Gasteiger partial charge in [0.2, 0.25) is 0 Å². The van der Waals surface area contributed by atoms with Gasteiger partial charge in [-0.2, -0.15) is 31.8 Å². The molecular formula is C14H14F4N4OS. The summed E-state index contributed by atoms with van der Waals surface area (Å²) in [6.45, 7) is 0.645. The first kappa shape index (κ1) is 18.2. The molecule has 0 saturated heterocycles. The molecule has 0 N–H and O–H groups in total. The molecular weight excluding hydrogens is 348 g/mol. The number of halogens is 4. The monoisotopic (exact) mass is 362 g/mol. The molecule has 3 rings (SSSR count). The number of amides is 1. The molecule has 130 valence electrons. The van der Waals surface area contributed by atoms with Gasteiger partial charge in [0, 0.05) is 12.7 Å². The Balaban J connectivity index is 0.00000208. The summed E-state index contributed by atoms with van der Waals surface area (Å²) in [6.07, 6.45) is -3.22. The molecule has 0 unspecified atom stereocenters. The Morgan fingerprint density at radius 2 is 2.00 bits per heavy atom. The normalized spacial score (nSPS) is 17.5. The molecule has 5 nitrogen and oxygen atoms in total. The Morgan fingerprint density at radius 1 is 1.29 bits per heavy atom. The van der Waals surface area contributed by atoms with Crippen LogP contribution in [-0.4, -0.2) is 27.2 Å². The van der Waals surface area contributed by atoms with Crippen molar-refractivity contribution in [1.29, 1.82) is 0 Å². The second kappa shape index (κ2) is 6.42. The van der Waals surface area contributed by atoms with Crippen LogP contribution in [0.15, 0.2) is 24.4 Å². The smallest absolute Gasteiger partial charge is 0.289 e. The molecule has 0 aromatic carbocycles. The van der Waals surface area contributed by atoms with Crippen molar-refractivity contribution in [2.24, 2.45) is 0 Å². The Hall–Kier alpha value is -2.10. The fourth-order valence-corrected chi connectivity index (χ4v) is 2.60. The standard InChI is InChI=1S/C14H12F4N4O.H2S/c1-8-7-21(13(23)11-4-5-19-22(8)11)12-3-2-9(14(16,17)18)10(6-15)20-12;/h2-5,8H,6-7H2,1H3;1H2/t8-;/m0./s1. The van der Waals surface area contributed by atoms with Gasteiger partial charge < -0.3 is 0 Å². The maximum absolute atomic E-state index is 12.9. The van der Waals surface area contributed by atoms with Gasteiger partial charge in [-0.1, -0.05) is 0 Å². The summed E-state index contributed by atoms with van der Waals surface area (Å²) in [5.74, 6) is -0.437. The van der Waals surface area contributed by atoms with E-state index in [-0.39, 0.29) is 31.9 Å². The highest BCUT2D eigenvalue weighted by Crippen LogP contribution is 2.33. The fraction of sp³-hybridized carbons (Fsp3) is 0.357. The highest BCUT2D eigenvalue weighted by atomic mass is 32.1. The highest BCUT2D eigenvalue weighted by molar-refractivity contribution is 7.59. The lowest BCUT2D eigenvalue weighted by Gasteiger charge is -2.31. The summed E-state index contributed by atoms with van der Waals surface area (Å²) in [5, 5.41) is 4.04. The molecule has 2 aromatic heterocycles. The summed E-state index contributed by atoms with van der Waals surface area (Å²) in [4.78, 5) is 17.4. The summed E-state index contributed by atoms with van der Waals surface area (Å²) in [5.41, 5.74) is -1.55. The fourth-order valence-electron chi connectivity index (χ4n) is 2.60. The lowest BCUT2D eigenvalue weighted by Crippen LogP contribution is -2.43. The van der Waals surface area contributed by atoms with E-state index in [0.717, 1.165) is 12.1 Å². The molecule has 24 heavy (non-hydrogen) atoms. The summed E-state index contributed by atoms with van der Waals surface area (Å²) in [7, 11) is 0. The lowest BCUT2D eigenvalue weighted by atomic mass is 10.1. The molecule has 3 heterocycles. The molecule has 0 radical (unpaired) electrons. The van der Waals surface area contributed by atoms with Crippen LogP contribution in [0.25, 0.3) is 0 Å². The van der Waals surface area contributed by atoms with Gasteiger partial charge in [0.05, 0.1) is 17.3 Å². The SMILES string of the molecule is C[C@H]1CN(c2ccc(C(F)(F)F)c(CF)n2)C(=O)c2ccnn21.S. The van der Waals surface area contributed by atoms with E-state index in [1.807, 2.05) is 6.92 Å². The van der Waals surface area contributed by atoms with E-state index in [4.69, 9.17) is 0 Å². The van der Waals surface area contributed by atoms with E-state index in [0.29, 0.717) is 5.69 Å².